The maximum Gasteiger partial charge on any atom is 0.137 e. The summed E-state index contributed by atoms with van der Waals surface area (Å²) in [6.45, 7) is 3.52. The molecule has 4 heteroatoms. The van der Waals surface area contributed by atoms with Gasteiger partial charge in [0.15, 0.2) is 0 Å². The van der Waals surface area contributed by atoms with E-state index in [1.165, 1.54) is 44.1 Å². The van der Waals surface area contributed by atoms with E-state index in [-0.39, 0.29) is 12.4 Å². The van der Waals surface area contributed by atoms with Crippen molar-refractivity contribution in [2.75, 3.05) is 6.61 Å². The number of nitrogens with one attached hydrogen (secondary N) is 1. The van der Waals surface area contributed by atoms with E-state index < -0.39 is 0 Å². The fourth-order valence-electron chi connectivity index (χ4n) is 2.67. The van der Waals surface area contributed by atoms with Gasteiger partial charge in [-0.3, -0.25) is 0 Å². The molecule has 0 atom stereocenters. The monoisotopic (exact) mass is 317 g/mol. The average molecular weight is 318 g/mol. The molecule has 0 amide bonds. The maximum absolute atomic E-state index is 6.20. The van der Waals surface area contributed by atoms with Crippen molar-refractivity contribution in [2.24, 2.45) is 0 Å². The molecule has 114 valence electrons. The van der Waals surface area contributed by atoms with E-state index in [1.54, 1.807) is 0 Å². The summed E-state index contributed by atoms with van der Waals surface area (Å²) in [5.41, 5.74) is 1.23. The lowest BCUT2D eigenvalue weighted by Gasteiger charge is -2.16. The van der Waals surface area contributed by atoms with E-state index in [4.69, 9.17) is 16.3 Å². The average Bonchev–Trinajstić information content (AvgIpc) is 2.68. The Morgan fingerprint density at radius 2 is 1.90 bits per heavy atom. The quantitative estimate of drug-likeness (QED) is 0.774. The maximum atomic E-state index is 6.20. The second kappa shape index (κ2) is 9.49. The van der Waals surface area contributed by atoms with E-state index in [0.717, 1.165) is 12.3 Å². The van der Waals surface area contributed by atoms with Gasteiger partial charge in [-0.05, 0) is 37.5 Å². The first-order chi connectivity index (χ1) is 9.29. The van der Waals surface area contributed by atoms with Crippen molar-refractivity contribution in [3.8, 4) is 5.75 Å². The van der Waals surface area contributed by atoms with Crippen LogP contribution >= 0.6 is 24.0 Å². The molecule has 1 aromatic rings. The van der Waals surface area contributed by atoms with Gasteiger partial charge in [0.2, 0.25) is 0 Å². The SMILES string of the molecule is CCOc1ccc(CNC2CCCCCC2)cc1Cl.Cl. The molecule has 0 radical (unpaired) electrons. The molecule has 2 nitrogen and oxygen atoms in total. The van der Waals surface area contributed by atoms with Gasteiger partial charge in [-0.25, -0.2) is 0 Å². The molecule has 0 aliphatic heterocycles. The van der Waals surface area contributed by atoms with Crippen molar-refractivity contribution in [1.29, 1.82) is 0 Å². The Labute approximate surface area is 133 Å². The molecule has 1 fully saturated rings. The van der Waals surface area contributed by atoms with Gasteiger partial charge < -0.3 is 10.1 Å². The minimum absolute atomic E-state index is 0. The van der Waals surface area contributed by atoms with Crippen LogP contribution in [0.15, 0.2) is 18.2 Å². The van der Waals surface area contributed by atoms with Crippen LogP contribution in [0.3, 0.4) is 0 Å². The predicted molar refractivity (Wildman–Crippen MR) is 88.2 cm³/mol. The Bertz CT molecular complexity index is 390. The van der Waals surface area contributed by atoms with Gasteiger partial charge in [0, 0.05) is 12.6 Å². The summed E-state index contributed by atoms with van der Waals surface area (Å²) in [6.07, 6.45) is 8.14. The number of hydrogen-bond acceptors (Lipinski definition) is 2. The first-order valence-electron chi connectivity index (χ1n) is 7.44. The predicted octanol–water partition coefficient (Wildman–Crippen LogP) is 4.97. The smallest absolute Gasteiger partial charge is 0.137 e. The molecule has 1 N–H and O–H groups in total. The minimum Gasteiger partial charge on any atom is -0.492 e. The highest BCUT2D eigenvalue weighted by Crippen LogP contribution is 2.25. The summed E-state index contributed by atoms with van der Waals surface area (Å²) in [5, 5.41) is 4.37. The normalized spacial score (nSPS) is 16.3. The van der Waals surface area contributed by atoms with Crippen LogP contribution in [-0.4, -0.2) is 12.6 Å². The molecule has 0 saturated heterocycles. The topological polar surface area (TPSA) is 21.3 Å². The lowest BCUT2D eigenvalue weighted by molar-refractivity contribution is 0.340. The van der Waals surface area contributed by atoms with E-state index in [2.05, 4.69) is 11.4 Å². The molecule has 1 aliphatic carbocycles. The molecule has 0 heterocycles. The molecule has 1 aliphatic rings. The zero-order valence-electron chi connectivity index (χ0n) is 12.2. The third-order valence-electron chi connectivity index (χ3n) is 3.75. The van der Waals surface area contributed by atoms with Gasteiger partial charge in [0.05, 0.1) is 11.6 Å². The number of hydrogen-bond donors (Lipinski definition) is 1. The van der Waals surface area contributed by atoms with Crippen molar-refractivity contribution < 1.29 is 4.74 Å². The lowest BCUT2D eigenvalue weighted by Crippen LogP contribution is -2.27. The van der Waals surface area contributed by atoms with Crippen LogP contribution < -0.4 is 10.1 Å². The fourth-order valence-corrected chi connectivity index (χ4v) is 2.93. The number of benzene rings is 1. The lowest BCUT2D eigenvalue weighted by atomic mass is 10.1. The molecule has 2 rings (SSSR count). The number of halogens is 2. The van der Waals surface area contributed by atoms with E-state index in [0.29, 0.717) is 17.7 Å². The highest BCUT2D eigenvalue weighted by Gasteiger charge is 2.11. The van der Waals surface area contributed by atoms with Crippen LogP contribution in [0.25, 0.3) is 0 Å². The Kier molecular flexibility index (Phi) is 8.35. The summed E-state index contributed by atoms with van der Waals surface area (Å²) in [7, 11) is 0. The van der Waals surface area contributed by atoms with Gasteiger partial charge in [-0.15, -0.1) is 12.4 Å². The van der Waals surface area contributed by atoms with E-state index in [9.17, 15) is 0 Å². The second-order valence-corrected chi connectivity index (χ2v) is 5.67. The van der Waals surface area contributed by atoms with E-state index in [1.807, 2.05) is 19.1 Å². The zero-order valence-corrected chi connectivity index (χ0v) is 13.7. The van der Waals surface area contributed by atoms with Crippen LogP contribution in [-0.2, 0) is 6.54 Å². The highest BCUT2D eigenvalue weighted by molar-refractivity contribution is 6.32. The van der Waals surface area contributed by atoms with Crippen molar-refractivity contribution >= 4 is 24.0 Å². The van der Waals surface area contributed by atoms with Crippen LogP contribution in [0.2, 0.25) is 5.02 Å². The van der Waals surface area contributed by atoms with Crippen molar-refractivity contribution in [3.63, 3.8) is 0 Å². The van der Waals surface area contributed by atoms with Crippen LogP contribution in [0, 0.1) is 0 Å². The third kappa shape index (κ3) is 5.51. The molecule has 0 aromatic heterocycles. The summed E-state index contributed by atoms with van der Waals surface area (Å²) in [4.78, 5) is 0. The second-order valence-electron chi connectivity index (χ2n) is 5.27. The number of ether oxygens (including phenoxy) is 1. The summed E-state index contributed by atoms with van der Waals surface area (Å²) in [5.74, 6) is 0.780. The zero-order chi connectivity index (χ0) is 13.5. The summed E-state index contributed by atoms with van der Waals surface area (Å²) in [6, 6.07) is 6.75. The Morgan fingerprint density at radius 3 is 2.50 bits per heavy atom. The van der Waals surface area contributed by atoms with Gasteiger partial charge in [-0.1, -0.05) is 43.4 Å². The van der Waals surface area contributed by atoms with E-state index >= 15 is 0 Å². The first kappa shape index (κ1) is 17.6. The molecular weight excluding hydrogens is 293 g/mol. The van der Waals surface area contributed by atoms with Gasteiger partial charge in [0.25, 0.3) is 0 Å². The van der Waals surface area contributed by atoms with Crippen molar-refractivity contribution in [3.05, 3.63) is 28.8 Å². The van der Waals surface area contributed by atoms with Crippen LogP contribution in [0.5, 0.6) is 5.75 Å². The molecule has 1 saturated carbocycles. The van der Waals surface area contributed by atoms with Gasteiger partial charge in [0.1, 0.15) is 5.75 Å². The molecular formula is C16H25Cl2NO. The molecule has 1 aromatic carbocycles. The molecule has 0 spiro atoms. The van der Waals surface area contributed by atoms with Gasteiger partial charge in [-0.2, -0.15) is 0 Å². The fraction of sp³-hybridized carbons (Fsp3) is 0.625. The van der Waals surface area contributed by atoms with Crippen LogP contribution in [0.4, 0.5) is 0 Å². The largest absolute Gasteiger partial charge is 0.492 e. The highest BCUT2D eigenvalue weighted by atomic mass is 35.5. The molecule has 0 bridgehead atoms. The molecule has 20 heavy (non-hydrogen) atoms. The van der Waals surface area contributed by atoms with Crippen LogP contribution in [0.1, 0.15) is 51.0 Å². The van der Waals surface area contributed by atoms with Gasteiger partial charge >= 0.3 is 0 Å². The summed E-state index contributed by atoms with van der Waals surface area (Å²) < 4.78 is 5.45. The Hall–Kier alpha value is -0.440. The third-order valence-corrected chi connectivity index (χ3v) is 4.04. The standard InChI is InChI=1S/C16H24ClNO.ClH/c1-2-19-16-10-9-13(11-15(16)17)12-18-14-7-5-3-4-6-8-14;/h9-11,14,18H,2-8,12H2,1H3;1H. The Morgan fingerprint density at radius 1 is 1.20 bits per heavy atom. The Balaban J connectivity index is 0.00000200. The molecule has 0 unspecified atom stereocenters. The van der Waals surface area contributed by atoms with Crippen molar-refractivity contribution in [1.82, 2.24) is 5.32 Å². The number of rotatable bonds is 5. The van der Waals surface area contributed by atoms with Crippen molar-refractivity contribution in [2.45, 2.75) is 58.0 Å². The first-order valence-corrected chi connectivity index (χ1v) is 7.82. The summed E-state index contributed by atoms with van der Waals surface area (Å²) >= 11 is 6.20. The minimum atomic E-state index is 0.